The minimum Gasteiger partial charge on any atom is -0.547 e. The molecule has 0 radical (unpaired) electrons. The van der Waals surface area contributed by atoms with Gasteiger partial charge >= 0.3 is 0 Å². The summed E-state index contributed by atoms with van der Waals surface area (Å²) < 4.78 is 6.21. The highest BCUT2D eigenvalue weighted by atomic mass is 28.4. The molecule has 0 saturated heterocycles. The highest BCUT2D eigenvalue weighted by molar-refractivity contribution is 6.70. The molecule has 1 fully saturated rings. The Morgan fingerprint density at radius 1 is 1.41 bits per heavy atom. The van der Waals surface area contributed by atoms with Crippen LogP contribution in [-0.2, 0) is 4.43 Å². The summed E-state index contributed by atoms with van der Waals surface area (Å²) in [6.45, 7) is 18.0. The summed E-state index contributed by atoms with van der Waals surface area (Å²) in [5, 5.41) is 0. The van der Waals surface area contributed by atoms with Crippen molar-refractivity contribution >= 4 is 8.32 Å². The van der Waals surface area contributed by atoms with Crippen LogP contribution in [0.3, 0.4) is 0 Å². The predicted molar refractivity (Wildman–Crippen MR) is 76.3 cm³/mol. The summed E-state index contributed by atoms with van der Waals surface area (Å²) in [6.07, 6.45) is 4.99. The van der Waals surface area contributed by atoms with E-state index in [0.29, 0.717) is 5.41 Å². The third kappa shape index (κ3) is 1.81. The van der Waals surface area contributed by atoms with Gasteiger partial charge in [-0.05, 0) is 50.7 Å². The average molecular weight is 250 g/mol. The van der Waals surface area contributed by atoms with Crippen LogP contribution in [0.1, 0.15) is 33.6 Å². The highest BCUT2D eigenvalue weighted by Gasteiger charge is 2.72. The van der Waals surface area contributed by atoms with Crippen molar-refractivity contribution in [1.29, 1.82) is 0 Å². The Hall–Kier alpha value is -0.503. The number of hydrogen-bond donors (Lipinski definition) is 0. The molecule has 0 aromatic rings. The zero-order chi connectivity index (χ0) is 13.1. The number of hydrogen-bond acceptors (Lipinski definition) is 1. The molecule has 2 unspecified atom stereocenters. The third-order valence-electron chi connectivity index (χ3n) is 4.60. The van der Waals surface area contributed by atoms with Gasteiger partial charge < -0.3 is 4.43 Å². The van der Waals surface area contributed by atoms with Crippen molar-refractivity contribution in [3.63, 3.8) is 0 Å². The first-order valence-corrected chi connectivity index (χ1v) is 10.1. The average Bonchev–Trinajstić information content (AvgIpc) is 2.61. The minimum atomic E-state index is -1.54. The maximum Gasteiger partial charge on any atom is 0.241 e. The molecule has 0 aromatic carbocycles. The Bertz CT molecular complexity index is 386. The van der Waals surface area contributed by atoms with Gasteiger partial charge in [0.05, 0.1) is 11.2 Å². The Morgan fingerprint density at radius 3 is 2.53 bits per heavy atom. The molecular weight excluding hydrogens is 224 g/mol. The van der Waals surface area contributed by atoms with E-state index in [4.69, 9.17) is 4.43 Å². The van der Waals surface area contributed by atoms with Crippen LogP contribution in [-0.4, -0.2) is 8.32 Å². The lowest BCUT2D eigenvalue weighted by Gasteiger charge is -2.29. The van der Waals surface area contributed by atoms with Gasteiger partial charge in [-0.2, -0.15) is 0 Å². The lowest BCUT2D eigenvalue weighted by Crippen LogP contribution is -2.29. The quantitative estimate of drug-likeness (QED) is 0.399. The van der Waals surface area contributed by atoms with E-state index in [1.807, 2.05) is 0 Å². The SMILES string of the molecule is C=C(O[Si](C)(C)C)C12C=C(C)CCC1C2(C)C. The predicted octanol–water partition coefficient (Wildman–Crippen LogP) is 4.73. The molecule has 2 atom stereocenters. The molecule has 0 amide bonds. The zero-order valence-corrected chi connectivity index (χ0v) is 13.2. The summed E-state index contributed by atoms with van der Waals surface area (Å²) >= 11 is 0. The fraction of sp³-hybridized carbons (Fsp3) is 0.733. The monoisotopic (exact) mass is 250 g/mol. The Morgan fingerprint density at radius 2 is 2.00 bits per heavy atom. The smallest absolute Gasteiger partial charge is 0.241 e. The Labute approximate surface area is 107 Å². The fourth-order valence-electron chi connectivity index (χ4n) is 3.70. The van der Waals surface area contributed by atoms with Crippen molar-refractivity contribution in [2.45, 2.75) is 53.3 Å². The van der Waals surface area contributed by atoms with E-state index in [9.17, 15) is 0 Å². The molecule has 0 bridgehead atoms. The lowest BCUT2D eigenvalue weighted by atomic mass is 9.88. The molecule has 1 nitrogen and oxygen atoms in total. The topological polar surface area (TPSA) is 9.23 Å². The van der Waals surface area contributed by atoms with E-state index in [0.717, 1.165) is 11.7 Å². The van der Waals surface area contributed by atoms with Gasteiger partial charge in [0.25, 0.3) is 0 Å². The molecule has 0 spiro atoms. The molecule has 2 rings (SSSR count). The standard InChI is InChI=1S/C15H26OSi/c1-11-8-9-13-14(3,4)15(13,10-11)12(2)16-17(5,6)7/h10,13H,2,8-9H2,1,3-7H3. The zero-order valence-electron chi connectivity index (χ0n) is 12.2. The molecule has 17 heavy (non-hydrogen) atoms. The van der Waals surface area contributed by atoms with E-state index in [-0.39, 0.29) is 5.41 Å². The van der Waals surface area contributed by atoms with Crippen LogP contribution in [0, 0.1) is 16.7 Å². The van der Waals surface area contributed by atoms with E-state index >= 15 is 0 Å². The van der Waals surface area contributed by atoms with Gasteiger partial charge in [-0.1, -0.05) is 32.1 Å². The Balaban J connectivity index is 2.29. The van der Waals surface area contributed by atoms with Crippen LogP contribution < -0.4 is 0 Å². The lowest BCUT2D eigenvalue weighted by molar-refractivity contribution is 0.321. The summed E-state index contributed by atoms with van der Waals surface area (Å²) in [4.78, 5) is 0. The summed E-state index contributed by atoms with van der Waals surface area (Å²) in [7, 11) is -1.54. The first kappa shape index (κ1) is 12.9. The van der Waals surface area contributed by atoms with Gasteiger partial charge in [0.2, 0.25) is 8.32 Å². The third-order valence-corrected chi connectivity index (χ3v) is 5.45. The van der Waals surface area contributed by atoms with Crippen molar-refractivity contribution in [3.8, 4) is 0 Å². The van der Waals surface area contributed by atoms with Crippen molar-refractivity contribution in [2.24, 2.45) is 16.7 Å². The van der Waals surface area contributed by atoms with E-state index in [1.165, 1.54) is 18.4 Å². The maximum atomic E-state index is 6.21. The molecule has 2 aliphatic carbocycles. The normalized spacial score (nSPS) is 34.7. The molecule has 0 heterocycles. The molecule has 96 valence electrons. The molecule has 0 aromatic heterocycles. The van der Waals surface area contributed by atoms with Gasteiger partial charge in [-0.15, -0.1) is 0 Å². The molecule has 0 N–H and O–H groups in total. The van der Waals surface area contributed by atoms with Gasteiger partial charge in [0.1, 0.15) is 0 Å². The molecule has 0 aliphatic heterocycles. The number of allylic oxidation sites excluding steroid dienone is 2. The second-order valence-corrected chi connectivity index (χ2v) is 11.7. The number of fused-ring (bicyclic) bond motifs is 1. The fourth-order valence-corrected chi connectivity index (χ4v) is 4.61. The van der Waals surface area contributed by atoms with Crippen LogP contribution in [0.25, 0.3) is 0 Å². The highest BCUT2D eigenvalue weighted by Crippen LogP contribution is 2.76. The van der Waals surface area contributed by atoms with Crippen molar-refractivity contribution in [3.05, 3.63) is 24.0 Å². The van der Waals surface area contributed by atoms with E-state index in [1.54, 1.807) is 0 Å². The van der Waals surface area contributed by atoms with Gasteiger partial charge in [-0.3, -0.25) is 0 Å². The van der Waals surface area contributed by atoms with Crippen LogP contribution in [0.5, 0.6) is 0 Å². The van der Waals surface area contributed by atoms with Crippen LogP contribution >= 0.6 is 0 Å². The van der Waals surface area contributed by atoms with Crippen LogP contribution in [0.2, 0.25) is 19.6 Å². The van der Waals surface area contributed by atoms with Gasteiger partial charge in [0, 0.05) is 0 Å². The maximum absolute atomic E-state index is 6.21. The number of rotatable bonds is 3. The molecular formula is C15H26OSi. The second kappa shape index (κ2) is 3.50. The van der Waals surface area contributed by atoms with E-state index in [2.05, 4.69) is 53.1 Å². The minimum absolute atomic E-state index is 0.135. The van der Waals surface area contributed by atoms with Crippen LogP contribution in [0.4, 0.5) is 0 Å². The van der Waals surface area contributed by atoms with Crippen molar-refractivity contribution in [2.75, 3.05) is 0 Å². The Kier molecular flexibility index (Phi) is 2.67. The summed E-state index contributed by atoms with van der Waals surface area (Å²) in [5.74, 6) is 1.77. The van der Waals surface area contributed by atoms with Crippen molar-refractivity contribution < 1.29 is 4.43 Å². The van der Waals surface area contributed by atoms with Gasteiger partial charge in [0.15, 0.2) is 0 Å². The molecule has 2 heteroatoms. The summed E-state index contributed by atoms with van der Waals surface area (Å²) in [6, 6.07) is 0. The summed E-state index contributed by atoms with van der Waals surface area (Å²) in [5.41, 5.74) is 1.98. The van der Waals surface area contributed by atoms with E-state index < -0.39 is 8.32 Å². The van der Waals surface area contributed by atoms with Crippen molar-refractivity contribution in [1.82, 2.24) is 0 Å². The first-order valence-electron chi connectivity index (χ1n) is 6.68. The van der Waals surface area contributed by atoms with Crippen LogP contribution in [0.15, 0.2) is 24.0 Å². The molecule has 1 saturated carbocycles. The largest absolute Gasteiger partial charge is 0.547 e. The first-order chi connectivity index (χ1) is 7.61. The second-order valence-electron chi connectivity index (χ2n) is 7.31. The van der Waals surface area contributed by atoms with Gasteiger partial charge in [-0.25, -0.2) is 0 Å². The molecule has 2 aliphatic rings.